The first-order chi connectivity index (χ1) is 11.3. The summed E-state index contributed by atoms with van der Waals surface area (Å²) in [6, 6.07) is 6.51. The van der Waals surface area contributed by atoms with Crippen LogP contribution < -0.4 is 0 Å². The van der Waals surface area contributed by atoms with Crippen molar-refractivity contribution in [2.75, 3.05) is 13.1 Å². The Morgan fingerprint density at radius 1 is 1.29 bits per heavy atom. The summed E-state index contributed by atoms with van der Waals surface area (Å²) >= 11 is 3.54. The summed E-state index contributed by atoms with van der Waals surface area (Å²) in [6.07, 6.45) is 4.64. The Bertz CT molecular complexity index is 735. The molecule has 1 amide bonds. The molecule has 0 bridgehead atoms. The van der Waals surface area contributed by atoms with E-state index in [0.717, 1.165) is 41.3 Å². The van der Waals surface area contributed by atoms with Gasteiger partial charge in [0.25, 0.3) is 0 Å². The number of likely N-dealkylation sites (tertiary alicyclic amines) is 1. The fourth-order valence-electron chi connectivity index (χ4n) is 3.16. The molecule has 0 unspecified atom stereocenters. The molecule has 0 N–H and O–H groups in total. The number of hydrogen-bond acceptors (Lipinski definition) is 3. The smallest absolute Gasteiger partial charge is 0.410 e. The Balaban J connectivity index is 1.73. The molecule has 24 heavy (non-hydrogen) atoms. The zero-order valence-electron chi connectivity index (χ0n) is 14.5. The molecule has 5 nitrogen and oxygen atoms in total. The second kappa shape index (κ2) is 6.75. The molecule has 6 heteroatoms. The molecule has 0 spiro atoms. The number of carbonyl (C=O) groups excluding carboxylic acids is 1. The lowest BCUT2D eigenvalue weighted by atomic mass is 10.1. The lowest BCUT2D eigenvalue weighted by molar-refractivity contribution is 0.0255. The lowest BCUT2D eigenvalue weighted by Gasteiger charge is -2.26. The highest BCUT2D eigenvalue weighted by Gasteiger charge is 2.26. The van der Waals surface area contributed by atoms with Gasteiger partial charge in [0, 0.05) is 23.6 Å². The summed E-state index contributed by atoms with van der Waals surface area (Å²) in [5.74, 6) is 0. The monoisotopic (exact) mass is 393 g/mol. The van der Waals surface area contributed by atoms with Gasteiger partial charge in [-0.1, -0.05) is 15.9 Å². The largest absolute Gasteiger partial charge is 0.444 e. The summed E-state index contributed by atoms with van der Waals surface area (Å²) in [5, 5.41) is 0. The van der Waals surface area contributed by atoms with Gasteiger partial charge in [-0.2, -0.15) is 0 Å². The van der Waals surface area contributed by atoms with E-state index in [4.69, 9.17) is 4.74 Å². The second-order valence-electron chi connectivity index (χ2n) is 7.34. The summed E-state index contributed by atoms with van der Waals surface area (Å²) < 4.78 is 8.81. The van der Waals surface area contributed by atoms with E-state index in [9.17, 15) is 4.79 Å². The average Bonchev–Trinajstić information content (AvgIpc) is 2.74. The fraction of sp³-hybridized carbons (Fsp3) is 0.556. The van der Waals surface area contributed by atoms with Gasteiger partial charge in [0.05, 0.1) is 17.4 Å². The van der Waals surface area contributed by atoms with Gasteiger partial charge in [-0.15, -0.1) is 0 Å². The van der Waals surface area contributed by atoms with Crippen LogP contribution in [0.3, 0.4) is 0 Å². The Morgan fingerprint density at radius 2 is 2.08 bits per heavy atom. The molecular weight excluding hydrogens is 370 g/mol. The van der Waals surface area contributed by atoms with Crippen LogP contribution in [0.2, 0.25) is 0 Å². The van der Waals surface area contributed by atoms with Gasteiger partial charge >= 0.3 is 6.09 Å². The third-order valence-corrected chi connectivity index (χ3v) is 4.77. The van der Waals surface area contributed by atoms with Crippen LogP contribution in [0.15, 0.2) is 29.0 Å². The van der Waals surface area contributed by atoms with Crippen molar-refractivity contribution in [3.8, 4) is 0 Å². The van der Waals surface area contributed by atoms with Crippen molar-refractivity contribution < 1.29 is 9.53 Å². The number of ether oxygens (including phenoxy) is 1. The SMILES string of the molecule is CC(C)(C)OC(=O)N1CCC[C@H](n2cnc3ccc(Br)cc32)CC1. The van der Waals surface area contributed by atoms with E-state index in [0.29, 0.717) is 12.6 Å². The third-order valence-electron chi connectivity index (χ3n) is 4.28. The third kappa shape index (κ3) is 3.91. The van der Waals surface area contributed by atoms with Crippen molar-refractivity contribution in [2.24, 2.45) is 0 Å². The maximum Gasteiger partial charge on any atom is 0.410 e. The first kappa shape index (κ1) is 17.3. The van der Waals surface area contributed by atoms with E-state index < -0.39 is 5.60 Å². The molecule has 1 fully saturated rings. The molecular formula is C18H24BrN3O2. The maximum absolute atomic E-state index is 12.3. The molecule has 2 aromatic rings. The Labute approximate surface area is 151 Å². The van der Waals surface area contributed by atoms with E-state index in [1.54, 1.807) is 0 Å². The van der Waals surface area contributed by atoms with E-state index in [1.807, 2.05) is 44.1 Å². The minimum absolute atomic E-state index is 0.207. The topological polar surface area (TPSA) is 47.4 Å². The van der Waals surface area contributed by atoms with Crippen LogP contribution in [0.5, 0.6) is 0 Å². The molecule has 1 saturated heterocycles. The number of halogens is 1. The first-order valence-corrected chi connectivity index (χ1v) is 9.23. The van der Waals surface area contributed by atoms with E-state index >= 15 is 0 Å². The molecule has 0 saturated carbocycles. The van der Waals surface area contributed by atoms with Gasteiger partial charge in [0.1, 0.15) is 5.60 Å². The van der Waals surface area contributed by atoms with Crippen LogP contribution in [0.4, 0.5) is 4.79 Å². The van der Waals surface area contributed by atoms with E-state index in [-0.39, 0.29) is 6.09 Å². The molecule has 3 rings (SSSR count). The minimum Gasteiger partial charge on any atom is -0.444 e. The Hall–Kier alpha value is -1.56. The number of fused-ring (bicyclic) bond motifs is 1. The number of imidazole rings is 1. The lowest BCUT2D eigenvalue weighted by Crippen LogP contribution is -2.37. The quantitative estimate of drug-likeness (QED) is 0.701. The van der Waals surface area contributed by atoms with Crippen LogP contribution in [0.1, 0.15) is 46.1 Å². The Morgan fingerprint density at radius 3 is 2.83 bits per heavy atom. The van der Waals surface area contributed by atoms with E-state index in [1.165, 1.54) is 0 Å². The second-order valence-corrected chi connectivity index (χ2v) is 8.25. The average molecular weight is 394 g/mol. The van der Waals surface area contributed by atoms with Crippen LogP contribution >= 0.6 is 15.9 Å². The molecule has 1 aromatic heterocycles. The number of nitrogens with zero attached hydrogens (tertiary/aromatic N) is 3. The molecule has 1 aliphatic heterocycles. The zero-order chi connectivity index (χ0) is 17.3. The molecule has 1 atom stereocenters. The number of carbonyl (C=O) groups is 1. The van der Waals surface area contributed by atoms with Crippen LogP contribution in [-0.2, 0) is 4.74 Å². The maximum atomic E-state index is 12.3. The van der Waals surface area contributed by atoms with E-state index in [2.05, 4.69) is 31.5 Å². The molecule has 0 aliphatic carbocycles. The van der Waals surface area contributed by atoms with Crippen molar-refractivity contribution in [3.05, 3.63) is 29.0 Å². The highest BCUT2D eigenvalue weighted by molar-refractivity contribution is 9.10. The number of benzene rings is 1. The first-order valence-electron chi connectivity index (χ1n) is 8.43. The van der Waals surface area contributed by atoms with Crippen LogP contribution in [-0.4, -0.2) is 39.2 Å². The predicted molar refractivity (Wildman–Crippen MR) is 98.1 cm³/mol. The van der Waals surface area contributed by atoms with Gasteiger partial charge in [0.2, 0.25) is 0 Å². The van der Waals surface area contributed by atoms with Crippen LogP contribution in [0.25, 0.3) is 11.0 Å². The highest BCUT2D eigenvalue weighted by atomic mass is 79.9. The van der Waals surface area contributed by atoms with Crippen molar-refractivity contribution in [1.29, 1.82) is 0 Å². The highest BCUT2D eigenvalue weighted by Crippen LogP contribution is 2.28. The summed E-state index contributed by atoms with van der Waals surface area (Å²) in [5.41, 5.74) is 1.70. The van der Waals surface area contributed by atoms with Crippen molar-refractivity contribution in [1.82, 2.24) is 14.5 Å². The summed E-state index contributed by atoms with van der Waals surface area (Å²) in [6.45, 7) is 7.18. The van der Waals surface area contributed by atoms with Crippen molar-refractivity contribution >= 4 is 33.1 Å². The number of aromatic nitrogens is 2. The summed E-state index contributed by atoms with van der Waals surface area (Å²) in [7, 11) is 0. The predicted octanol–water partition coefficient (Wildman–Crippen LogP) is 4.76. The van der Waals surface area contributed by atoms with Gasteiger partial charge in [-0.25, -0.2) is 9.78 Å². The molecule has 1 aromatic carbocycles. The Kier molecular flexibility index (Phi) is 4.85. The normalized spacial score (nSPS) is 19.3. The zero-order valence-corrected chi connectivity index (χ0v) is 16.0. The number of rotatable bonds is 1. The van der Waals surface area contributed by atoms with Crippen LogP contribution in [0, 0.1) is 0 Å². The fourth-order valence-corrected chi connectivity index (χ4v) is 3.51. The minimum atomic E-state index is -0.449. The molecule has 0 radical (unpaired) electrons. The van der Waals surface area contributed by atoms with Gasteiger partial charge in [-0.05, 0) is 58.2 Å². The number of hydrogen-bond donors (Lipinski definition) is 0. The van der Waals surface area contributed by atoms with Gasteiger partial charge < -0.3 is 14.2 Å². The standard InChI is InChI=1S/C18H24BrN3O2/c1-18(2,3)24-17(23)21-9-4-5-14(8-10-21)22-12-20-15-7-6-13(19)11-16(15)22/h6-7,11-12,14H,4-5,8-10H2,1-3H3/t14-/m0/s1. The summed E-state index contributed by atoms with van der Waals surface area (Å²) in [4.78, 5) is 18.6. The van der Waals surface area contributed by atoms with Gasteiger partial charge in [0.15, 0.2) is 0 Å². The molecule has 2 heterocycles. The number of amides is 1. The van der Waals surface area contributed by atoms with Gasteiger partial charge in [-0.3, -0.25) is 0 Å². The van der Waals surface area contributed by atoms with Crippen molar-refractivity contribution in [3.63, 3.8) is 0 Å². The van der Waals surface area contributed by atoms with Crippen molar-refractivity contribution in [2.45, 2.75) is 51.7 Å². The molecule has 130 valence electrons. The molecule has 1 aliphatic rings.